The van der Waals surface area contributed by atoms with Gasteiger partial charge in [0.05, 0.1) is 12.0 Å². The van der Waals surface area contributed by atoms with Crippen LogP contribution in [0.5, 0.6) is 0 Å². The van der Waals surface area contributed by atoms with Crippen molar-refractivity contribution in [1.29, 1.82) is 0 Å². The Kier molecular flexibility index (Phi) is 4.02. The molecule has 5 heteroatoms. The van der Waals surface area contributed by atoms with Crippen LogP contribution < -0.4 is 0 Å². The zero-order valence-corrected chi connectivity index (χ0v) is 14.1. The Morgan fingerprint density at radius 3 is 2.82 bits per heavy atom. The molecule has 2 saturated heterocycles. The molecule has 3 heterocycles. The van der Waals surface area contributed by atoms with Crippen molar-refractivity contribution in [2.75, 3.05) is 26.2 Å². The van der Waals surface area contributed by atoms with Gasteiger partial charge in [-0.25, -0.2) is 4.98 Å². The number of aromatic nitrogens is 2. The topological polar surface area (TPSA) is 52.2 Å². The average Bonchev–Trinajstić information content (AvgIpc) is 3.05. The van der Waals surface area contributed by atoms with Gasteiger partial charge in [0, 0.05) is 32.0 Å². The number of carbonyl (C=O) groups is 1. The van der Waals surface area contributed by atoms with Crippen molar-refractivity contribution in [1.82, 2.24) is 19.8 Å². The van der Waals surface area contributed by atoms with Crippen LogP contribution in [0.25, 0.3) is 0 Å². The first-order chi connectivity index (χ1) is 10.4. The van der Waals surface area contributed by atoms with Crippen molar-refractivity contribution in [2.45, 2.75) is 46.6 Å². The molecule has 2 fully saturated rings. The first-order valence-corrected chi connectivity index (χ1v) is 8.38. The normalized spacial score (nSPS) is 27.0. The van der Waals surface area contributed by atoms with Crippen LogP contribution in [0.2, 0.25) is 0 Å². The summed E-state index contributed by atoms with van der Waals surface area (Å²) in [6.45, 7) is 11.1. The highest BCUT2D eigenvalue weighted by atomic mass is 16.2. The fourth-order valence-corrected chi connectivity index (χ4v) is 3.94. The van der Waals surface area contributed by atoms with Crippen molar-refractivity contribution in [3.63, 3.8) is 0 Å². The molecule has 1 amide bonds. The van der Waals surface area contributed by atoms with E-state index in [1.807, 2.05) is 6.20 Å². The minimum atomic E-state index is -0.143. The summed E-state index contributed by atoms with van der Waals surface area (Å²) in [6.07, 6.45) is 6.82. The Hall–Kier alpha value is -1.36. The molecular formula is C17H28N4O. The second-order valence-electron chi connectivity index (χ2n) is 8.17. The smallest absolute Gasteiger partial charge is 0.230 e. The van der Waals surface area contributed by atoms with Crippen LogP contribution in [0.3, 0.4) is 0 Å². The van der Waals surface area contributed by atoms with E-state index in [2.05, 4.69) is 40.5 Å². The van der Waals surface area contributed by atoms with Crippen LogP contribution in [-0.4, -0.2) is 51.9 Å². The van der Waals surface area contributed by atoms with Gasteiger partial charge in [0.25, 0.3) is 0 Å². The number of piperidine rings is 1. The van der Waals surface area contributed by atoms with E-state index >= 15 is 0 Å². The number of nitrogens with zero attached hydrogens (tertiary/aromatic N) is 3. The summed E-state index contributed by atoms with van der Waals surface area (Å²) in [7, 11) is 0. The third-order valence-corrected chi connectivity index (χ3v) is 4.85. The Morgan fingerprint density at radius 2 is 2.14 bits per heavy atom. The summed E-state index contributed by atoms with van der Waals surface area (Å²) in [4.78, 5) is 25.0. The maximum Gasteiger partial charge on any atom is 0.230 e. The number of imidazole rings is 1. The molecule has 1 aromatic heterocycles. The van der Waals surface area contributed by atoms with Crippen LogP contribution in [-0.2, 0) is 11.3 Å². The SMILES string of the molecule is CC(C)(C)CN1CCC[C@@]2(CCN(Cc3ncc[nH]3)C2)C1=O. The Balaban J connectivity index is 1.66. The fourth-order valence-electron chi connectivity index (χ4n) is 3.94. The quantitative estimate of drug-likeness (QED) is 0.932. The van der Waals surface area contributed by atoms with Crippen molar-refractivity contribution >= 4 is 5.91 Å². The lowest BCUT2D eigenvalue weighted by atomic mass is 9.77. The number of aromatic amines is 1. The van der Waals surface area contributed by atoms with Crippen LogP contribution >= 0.6 is 0 Å². The number of H-pyrrole nitrogens is 1. The minimum Gasteiger partial charge on any atom is -0.348 e. The van der Waals surface area contributed by atoms with Gasteiger partial charge >= 0.3 is 0 Å². The lowest BCUT2D eigenvalue weighted by Crippen LogP contribution is -2.52. The number of rotatable bonds is 3. The van der Waals surface area contributed by atoms with E-state index in [4.69, 9.17) is 0 Å². The van der Waals surface area contributed by atoms with E-state index in [0.717, 1.165) is 57.8 Å². The number of hydrogen-bond acceptors (Lipinski definition) is 3. The molecule has 0 radical (unpaired) electrons. The van der Waals surface area contributed by atoms with Crippen molar-refractivity contribution in [2.24, 2.45) is 10.8 Å². The molecule has 1 aromatic rings. The molecule has 1 atom stereocenters. The summed E-state index contributed by atoms with van der Waals surface area (Å²) in [5.41, 5.74) is 0.0245. The predicted molar refractivity (Wildman–Crippen MR) is 86.2 cm³/mol. The first kappa shape index (κ1) is 15.5. The highest BCUT2D eigenvalue weighted by Crippen LogP contribution is 2.41. The number of nitrogens with one attached hydrogen (secondary N) is 1. The lowest BCUT2D eigenvalue weighted by Gasteiger charge is -2.42. The van der Waals surface area contributed by atoms with Gasteiger partial charge in [0.1, 0.15) is 5.82 Å². The molecule has 5 nitrogen and oxygen atoms in total. The maximum absolute atomic E-state index is 13.1. The van der Waals surface area contributed by atoms with E-state index in [0.29, 0.717) is 5.91 Å². The molecule has 2 aliphatic rings. The maximum atomic E-state index is 13.1. The summed E-state index contributed by atoms with van der Waals surface area (Å²) in [5, 5.41) is 0. The molecular weight excluding hydrogens is 276 g/mol. The van der Waals surface area contributed by atoms with Crippen LogP contribution in [0, 0.1) is 10.8 Å². The van der Waals surface area contributed by atoms with Crippen molar-refractivity contribution in [3.05, 3.63) is 18.2 Å². The van der Waals surface area contributed by atoms with E-state index in [1.54, 1.807) is 6.20 Å². The van der Waals surface area contributed by atoms with Crippen LogP contribution in [0.4, 0.5) is 0 Å². The Bertz CT molecular complexity index is 519. The standard InChI is InChI=1S/C17H28N4O/c1-16(2,3)12-21-9-4-5-17(15(21)22)6-10-20(13-17)11-14-18-7-8-19-14/h7-8H,4-6,9-13H2,1-3H3,(H,18,19)/t17-/m0/s1. The van der Waals surface area contributed by atoms with Gasteiger partial charge in [0.2, 0.25) is 5.91 Å². The molecule has 0 unspecified atom stereocenters. The molecule has 0 aromatic carbocycles. The van der Waals surface area contributed by atoms with Crippen molar-refractivity contribution < 1.29 is 4.79 Å². The minimum absolute atomic E-state index is 0.143. The molecule has 1 spiro atoms. The van der Waals surface area contributed by atoms with E-state index in [9.17, 15) is 4.79 Å². The highest BCUT2D eigenvalue weighted by molar-refractivity contribution is 5.84. The van der Waals surface area contributed by atoms with Gasteiger partial charge < -0.3 is 9.88 Å². The molecule has 1 N–H and O–H groups in total. The second kappa shape index (κ2) is 5.69. The summed E-state index contributed by atoms with van der Waals surface area (Å²) in [5.74, 6) is 1.38. The average molecular weight is 304 g/mol. The molecule has 22 heavy (non-hydrogen) atoms. The molecule has 3 rings (SSSR count). The summed E-state index contributed by atoms with van der Waals surface area (Å²) in [6, 6.07) is 0. The predicted octanol–water partition coefficient (Wildman–Crippen LogP) is 2.27. The zero-order chi connectivity index (χ0) is 15.8. The zero-order valence-electron chi connectivity index (χ0n) is 14.1. The van der Waals surface area contributed by atoms with Crippen LogP contribution in [0.1, 0.15) is 45.9 Å². The van der Waals surface area contributed by atoms with Gasteiger partial charge in [-0.1, -0.05) is 20.8 Å². The number of likely N-dealkylation sites (tertiary alicyclic amines) is 2. The highest BCUT2D eigenvalue weighted by Gasteiger charge is 2.48. The van der Waals surface area contributed by atoms with Gasteiger partial charge in [-0.2, -0.15) is 0 Å². The van der Waals surface area contributed by atoms with Gasteiger partial charge in [-0.15, -0.1) is 0 Å². The molecule has 2 aliphatic heterocycles. The molecule has 0 saturated carbocycles. The molecule has 0 bridgehead atoms. The van der Waals surface area contributed by atoms with Crippen LogP contribution in [0.15, 0.2) is 12.4 Å². The largest absolute Gasteiger partial charge is 0.348 e. The van der Waals surface area contributed by atoms with E-state index in [1.165, 1.54) is 0 Å². The van der Waals surface area contributed by atoms with Crippen molar-refractivity contribution in [3.8, 4) is 0 Å². The number of hydrogen-bond donors (Lipinski definition) is 1. The van der Waals surface area contributed by atoms with E-state index in [-0.39, 0.29) is 10.8 Å². The first-order valence-electron chi connectivity index (χ1n) is 8.38. The monoisotopic (exact) mass is 304 g/mol. The summed E-state index contributed by atoms with van der Waals surface area (Å²) < 4.78 is 0. The van der Waals surface area contributed by atoms with Gasteiger partial charge in [-0.3, -0.25) is 9.69 Å². The third kappa shape index (κ3) is 3.19. The fraction of sp³-hybridized carbons (Fsp3) is 0.765. The third-order valence-electron chi connectivity index (χ3n) is 4.85. The van der Waals surface area contributed by atoms with Gasteiger partial charge in [-0.05, 0) is 31.2 Å². The van der Waals surface area contributed by atoms with E-state index < -0.39 is 0 Å². The van der Waals surface area contributed by atoms with Gasteiger partial charge in [0.15, 0.2) is 0 Å². The molecule has 0 aliphatic carbocycles. The number of amides is 1. The second-order valence-corrected chi connectivity index (χ2v) is 8.17. The molecule has 122 valence electrons. The number of carbonyl (C=O) groups excluding carboxylic acids is 1. The Labute approximate surface area is 133 Å². The lowest BCUT2D eigenvalue weighted by molar-refractivity contribution is -0.147. The Morgan fingerprint density at radius 1 is 1.32 bits per heavy atom. The summed E-state index contributed by atoms with van der Waals surface area (Å²) >= 11 is 0.